The molecule has 2 unspecified atom stereocenters. The van der Waals surface area contributed by atoms with E-state index < -0.39 is 19.4 Å². The third-order valence-electron chi connectivity index (χ3n) is 1.49. The molecule has 1 aromatic rings. The van der Waals surface area contributed by atoms with Gasteiger partial charge in [-0.15, -0.1) is 0 Å². The molecule has 9 heteroatoms. The molecule has 15 heavy (non-hydrogen) atoms. The quantitative estimate of drug-likeness (QED) is 0.516. The Bertz CT molecular complexity index is 278. The maximum atomic E-state index is 11.1. The van der Waals surface area contributed by atoms with Crippen LogP contribution >= 0.6 is 8.25 Å². The zero-order chi connectivity index (χ0) is 11.8. The third kappa shape index (κ3) is 6.64. The van der Waals surface area contributed by atoms with E-state index in [0.717, 1.165) is 6.42 Å². The van der Waals surface area contributed by atoms with Gasteiger partial charge in [-0.05, 0) is 17.6 Å². The highest BCUT2D eigenvalue weighted by atomic mass is 32.2. The number of aromatic nitrogens is 3. The number of rotatable bonds is 3. The van der Waals surface area contributed by atoms with Gasteiger partial charge in [0.15, 0.2) is 5.25 Å². The first-order valence-electron chi connectivity index (χ1n) is 4.08. The van der Waals surface area contributed by atoms with Gasteiger partial charge in [0, 0.05) is 0 Å². The molecule has 1 heterocycles. The highest BCUT2D eigenvalue weighted by molar-refractivity contribution is 7.90. The fourth-order valence-corrected chi connectivity index (χ4v) is 1.82. The molecule has 0 radical (unpaired) electrons. The standard InChI is InChI=1S/C6H11N3OS.H3O3P/c1-3-5(11(2)10)6-7-4-8-9-6;1-4(2)3/h4-5H,3H2,1-2H3,(H,7,8,9);4H,(H2,1,2,3). The number of nitrogens with zero attached hydrogens (tertiary/aromatic N) is 2. The lowest BCUT2D eigenvalue weighted by molar-refractivity contribution is 0.405. The summed E-state index contributed by atoms with van der Waals surface area (Å²) in [6.45, 7) is 1.97. The zero-order valence-electron chi connectivity index (χ0n) is 8.38. The average molecular weight is 255 g/mol. The maximum Gasteiger partial charge on any atom is 0.314 e. The molecule has 0 fully saturated rings. The molecule has 0 aliphatic heterocycles. The molecule has 0 spiro atoms. The van der Waals surface area contributed by atoms with Crippen LogP contribution in [0.2, 0.25) is 0 Å². The molecule has 0 bridgehead atoms. The van der Waals surface area contributed by atoms with E-state index in [2.05, 4.69) is 15.2 Å². The molecule has 0 aliphatic rings. The van der Waals surface area contributed by atoms with Gasteiger partial charge in [-0.25, -0.2) is 4.98 Å². The molecule has 2 atom stereocenters. The molecule has 88 valence electrons. The van der Waals surface area contributed by atoms with E-state index in [9.17, 15) is 4.55 Å². The van der Waals surface area contributed by atoms with Gasteiger partial charge in [-0.2, -0.15) is 5.10 Å². The first kappa shape index (κ1) is 14.6. The lowest BCUT2D eigenvalue weighted by Crippen LogP contribution is -2.12. The van der Waals surface area contributed by atoms with Crippen molar-refractivity contribution in [3.05, 3.63) is 12.2 Å². The summed E-state index contributed by atoms with van der Waals surface area (Å²) in [6, 6.07) is 0. The van der Waals surface area contributed by atoms with Crippen LogP contribution in [-0.4, -0.2) is 35.8 Å². The van der Waals surface area contributed by atoms with Crippen molar-refractivity contribution in [3.8, 4) is 0 Å². The Hall–Kier alpha value is -0.400. The number of H-pyrrole nitrogens is 1. The van der Waals surface area contributed by atoms with Crippen molar-refractivity contribution < 1.29 is 18.9 Å². The Morgan fingerprint density at radius 2 is 2.27 bits per heavy atom. The van der Waals surface area contributed by atoms with E-state index in [0.29, 0.717) is 5.82 Å². The van der Waals surface area contributed by atoms with Gasteiger partial charge >= 0.3 is 8.25 Å². The Morgan fingerprint density at radius 3 is 2.53 bits per heavy atom. The summed E-state index contributed by atoms with van der Waals surface area (Å²) in [6.07, 6.45) is 3.98. The molecule has 0 amide bonds. The molecule has 0 saturated heterocycles. The summed E-state index contributed by atoms with van der Waals surface area (Å²) in [4.78, 5) is 18.3. The Labute approximate surface area is 91.1 Å². The molecule has 0 saturated carbocycles. The van der Waals surface area contributed by atoms with Gasteiger partial charge in [0.2, 0.25) is 5.82 Å². The minimum Gasteiger partial charge on any atom is -0.616 e. The molecule has 7 nitrogen and oxygen atoms in total. The third-order valence-corrected chi connectivity index (χ3v) is 2.84. The van der Waals surface area contributed by atoms with Crippen molar-refractivity contribution >= 4 is 19.4 Å². The van der Waals surface area contributed by atoms with Crippen molar-refractivity contribution in [2.45, 2.75) is 18.6 Å². The predicted octanol–water partition coefficient (Wildman–Crippen LogP) is -0.00500. The van der Waals surface area contributed by atoms with Gasteiger partial charge in [0.05, 0.1) is 6.26 Å². The monoisotopic (exact) mass is 255 g/mol. The van der Waals surface area contributed by atoms with Crippen LogP contribution in [0.3, 0.4) is 0 Å². The SMILES string of the molecule is CCC(c1nc[nH]n1)[S+](C)[O-].O=[PH](O)O. The molecule has 1 aromatic heterocycles. The van der Waals surface area contributed by atoms with E-state index in [1.54, 1.807) is 6.26 Å². The van der Waals surface area contributed by atoms with Gasteiger partial charge in [-0.3, -0.25) is 9.66 Å². The molecule has 3 N–H and O–H groups in total. The van der Waals surface area contributed by atoms with Crippen LogP contribution in [0.4, 0.5) is 0 Å². The Morgan fingerprint density at radius 1 is 1.73 bits per heavy atom. The van der Waals surface area contributed by atoms with Crippen molar-refractivity contribution in [2.24, 2.45) is 0 Å². The van der Waals surface area contributed by atoms with Crippen molar-refractivity contribution in [1.29, 1.82) is 0 Å². The molecular weight excluding hydrogens is 241 g/mol. The van der Waals surface area contributed by atoms with Crippen LogP contribution in [0.15, 0.2) is 6.33 Å². The fourth-order valence-electron chi connectivity index (χ4n) is 0.940. The van der Waals surface area contributed by atoms with Crippen LogP contribution in [0.1, 0.15) is 24.4 Å². The van der Waals surface area contributed by atoms with Crippen LogP contribution in [0.5, 0.6) is 0 Å². The summed E-state index contributed by atoms with van der Waals surface area (Å²) in [5.41, 5.74) is 0. The van der Waals surface area contributed by atoms with Crippen molar-refractivity contribution in [2.75, 3.05) is 6.26 Å². The topological polar surface area (TPSA) is 122 Å². The fraction of sp³-hybridized carbons (Fsp3) is 0.667. The normalized spacial score (nSPS) is 14.3. The number of nitrogens with one attached hydrogen (secondary N) is 1. The lowest BCUT2D eigenvalue weighted by Gasteiger charge is -2.12. The molecule has 0 aromatic carbocycles. The second-order valence-electron chi connectivity index (χ2n) is 2.54. The maximum absolute atomic E-state index is 11.1. The molecule has 1 rings (SSSR count). The van der Waals surface area contributed by atoms with E-state index in [1.165, 1.54) is 6.33 Å². The van der Waals surface area contributed by atoms with Gasteiger partial charge in [0.25, 0.3) is 0 Å². The number of hydrogen-bond acceptors (Lipinski definition) is 4. The lowest BCUT2D eigenvalue weighted by atomic mass is 10.3. The summed E-state index contributed by atoms with van der Waals surface area (Å²) in [5, 5.41) is 6.46. The highest BCUT2D eigenvalue weighted by Gasteiger charge is 2.21. The van der Waals surface area contributed by atoms with Gasteiger partial charge in [-0.1, -0.05) is 6.92 Å². The zero-order valence-corrected chi connectivity index (χ0v) is 10.2. The van der Waals surface area contributed by atoms with Crippen LogP contribution in [0.25, 0.3) is 0 Å². The Kier molecular flexibility index (Phi) is 7.63. The predicted molar refractivity (Wildman–Crippen MR) is 56.9 cm³/mol. The first-order valence-corrected chi connectivity index (χ1v) is 7.01. The number of hydrogen-bond donors (Lipinski definition) is 3. The second kappa shape index (κ2) is 7.84. The van der Waals surface area contributed by atoms with Crippen molar-refractivity contribution in [1.82, 2.24) is 15.2 Å². The van der Waals surface area contributed by atoms with Crippen LogP contribution in [0, 0.1) is 0 Å². The van der Waals surface area contributed by atoms with E-state index >= 15 is 0 Å². The smallest absolute Gasteiger partial charge is 0.314 e. The van der Waals surface area contributed by atoms with Crippen LogP contribution < -0.4 is 0 Å². The number of aromatic amines is 1. The first-order chi connectivity index (χ1) is 6.99. The summed E-state index contributed by atoms with van der Waals surface area (Å²) in [7, 11) is -3.13. The summed E-state index contributed by atoms with van der Waals surface area (Å²) < 4.78 is 19.8. The van der Waals surface area contributed by atoms with Crippen LogP contribution in [-0.2, 0) is 15.7 Å². The second-order valence-corrected chi connectivity index (χ2v) is 4.67. The van der Waals surface area contributed by atoms with E-state index in [1.807, 2.05) is 6.92 Å². The minimum atomic E-state index is -3.13. The summed E-state index contributed by atoms with van der Waals surface area (Å²) >= 11 is -0.878. The largest absolute Gasteiger partial charge is 0.616 e. The Balaban J connectivity index is 0.000000423. The van der Waals surface area contributed by atoms with Crippen molar-refractivity contribution in [3.63, 3.8) is 0 Å². The van der Waals surface area contributed by atoms with E-state index in [4.69, 9.17) is 14.4 Å². The summed E-state index contributed by atoms with van der Waals surface area (Å²) in [5.74, 6) is 0.647. The van der Waals surface area contributed by atoms with Gasteiger partial charge < -0.3 is 14.3 Å². The molecule has 0 aliphatic carbocycles. The highest BCUT2D eigenvalue weighted by Crippen LogP contribution is 2.20. The van der Waals surface area contributed by atoms with Gasteiger partial charge in [0.1, 0.15) is 6.33 Å². The minimum absolute atomic E-state index is 0.0266. The van der Waals surface area contributed by atoms with E-state index in [-0.39, 0.29) is 5.25 Å². The molecular formula is C6H14N3O4PS. The average Bonchev–Trinajstić information content (AvgIpc) is 2.56.